The quantitative estimate of drug-likeness (QED) is 0.663. The molecule has 1 aromatic carbocycles. The topological polar surface area (TPSA) is 79.0 Å². The minimum absolute atomic E-state index is 0.0436. The number of nitrogens with zero attached hydrogens (tertiary/aromatic N) is 2. The summed E-state index contributed by atoms with van der Waals surface area (Å²) in [5, 5.41) is 23.9. The highest BCUT2D eigenvalue weighted by molar-refractivity contribution is 7.99. The van der Waals surface area contributed by atoms with Gasteiger partial charge in [-0.15, -0.1) is 0 Å². The van der Waals surface area contributed by atoms with Crippen LogP contribution >= 0.6 is 11.8 Å². The molecule has 1 saturated carbocycles. The molecular weight excluding hydrogens is 274 g/mol. The van der Waals surface area contributed by atoms with Gasteiger partial charge in [-0.2, -0.15) is 17.0 Å². The second-order valence-corrected chi connectivity index (χ2v) is 6.41. The molecule has 0 heterocycles. The normalized spacial score (nSPS) is 21.4. The SMILES string of the molecule is CCSC1CCC(Nc2ccc([N+](=O)[O-])cc2C#N)C1. The van der Waals surface area contributed by atoms with Crippen molar-refractivity contribution < 1.29 is 4.92 Å². The van der Waals surface area contributed by atoms with Crippen LogP contribution < -0.4 is 5.32 Å². The molecule has 0 aromatic heterocycles. The van der Waals surface area contributed by atoms with E-state index in [1.54, 1.807) is 6.07 Å². The summed E-state index contributed by atoms with van der Waals surface area (Å²) >= 11 is 1.98. The average molecular weight is 291 g/mol. The predicted octanol–water partition coefficient (Wildman–Crippen LogP) is 3.55. The molecule has 0 radical (unpaired) electrons. The summed E-state index contributed by atoms with van der Waals surface area (Å²) in [4.78, 5) is 10.2. The summed E-state index contributed by atoms with van der Waals surface area (Å²) in [5.74, 6) is 1.12. The number of non-ortho nitro benzene ring substituents is 1. The molecule has 20 heavy (non-hydrogen) atoms. The third kappa shape index (κ3) is 3.42. The van der Waals surface area contributed by atoms with E-state index < -0.39 is 4.92 Å². The summed E-state index contributed by atoms with van der Waals surface area (Å²) < 4.78 is 0. The lowest BCUT2D eigenvalue weighted by molar-refractivity contribution is -0.384. The Labute approximate surface area is 122 Å². The number of nitrogens with one attached hydrogen (secondary N) is 1. The molecule has 106 valence electrons. The van der Waals surface area contributed by atoms with Crippen molar-refractivity contribution >= 4 is 23.1 Å². The maximum absolute atomic E-state index is 10.7. The number of nitro groups is 1. The number of hydrogen-bond acceptors (Lipinski definition) is 5. The zero-order valence-corrected chi connectivity index (χ0v) is 12.2. The van der Waals surface area contributed by atoms with Crippen molar-refractivity contribution in [3.05, 3.63) is 33.9 Å². The molecule has 6 heteroatoms. The van der Waals surface area contributed by atoms with Gasteiger partial charge >= 0.3 is 0 Å². The summed E-state index contributed by atoms with van der Waals surface area (Å²) in [5.41, 5.74) is 0.994. The van der Waals surface area contributed by atoms with Crippen molar-refractivity contribution in [2.24, 2.45) is 0 Å². The van der Waals surface area contributed by atoms with Crippen molar-refractivity contribution in [1.82, 2.24) is 0 Å². The Morgan fingerprint density at radius 3 is 3.00 bits per heavy atom. The minimum Gasteiger partial charge on any atom is -0.381 e. The van der Waals surface area contributed by atoms with E-state index in [1.165, 1.54) is 18.6 Å². The Morgan fingerprint density at radius 2 is 2.35 bits per heavy atom. The molecule has 2 rings (SSSR count). The van der Waals surface area contributed by atoms with Crippen molar-refractivity contribution in [2.45, 2.75) is 37.5 Å². The summed E-state index contributed by atoms with van der Waals surface area (Å²) in [7, 11) is 0. The molecule has 2 unspecified atom stereocenters. The first-order chi connectivity index (χ1) is 9.63. The Bertz CT molecular complexity index is 542. The number of thioether (sulfide) groups is 1. The van der Waals surface area contributed by atoms with Gasteiger partial charge in [-0.05, 0) is 31.1 Å². The van der Waals surface area contributed by atoms with Gasteiger partial charge in [0.05, 0.1) is 16.2 Å². The highest BCUT2D eigenvalue weighted by Gasteiger charge is 2.25. The van der Waals surface area contributed by atoms with Crippen LogP contribution in [0.5, 0.6) is 0 Å². The van der Waals surface area contributed by atoms with Crippen LogP contribution in [-0.4, -0.2) is 22.0 Å². The minimum atomic E-state index is -0.478. The van der Waals surface area contributed by atoms with Gasteiger partial charge < -0.3 is 5.32 Å². The average Bonchev–Trinajstić information content (AvgIpc) is 2.87. The smallest absolute Gasteiger partial charge is 0.270 e. The van der Waals surface area contributed by atoms with Crippen LogP contribution in [-0.2, 0) is 0 Å². The maximum Gasteiger partial charge on any atom is 0.270 e. The van der Waals surface area contributed by atoms with E-state index in [0.717, 1.165) is 18.6 Å². The molecule has 1 aromatic rings. The van der Waals surface area contributed by atoms with Crippen LogP contribution in [0.1, 0.15) is 31.7 Å². The van der Waals surface area contributed by atoms with E-state index in [9.17, 15) is 10.1 Å². The number of benzene rings is 1. The second-order valence-electron chi connectivity index (χ2n) is 4.83. The molecule has 0 aliphatic heterocycles. The van der Waals surface area contributed by atoms with E-state index in [1.807, 2.05) is 17.8 Å². The summed E-state index contributed by atoms with van der Waals surface area (Å²) in [6, 6.07) is 6.79. The second kappa shape index (κ2) is 6.62. The largest absolute Gasteiger partial charge is 0.381 e. The summed E-state index contributed by atoms with van der Waals surface area (Å²) in [6.45, 7) is 2.16. The van der Waals surface area contributed by atoms with E-state index in [4.69, 9.17) is 5.26 Å². The van der Waals surface area contributed by atoms with Crippen molar-refractivity contribution in [1.29, 1.82) is 5.26 Å². The van der Waals surface area contributed by atoms with Crippen molar-refractivity contribution in [2.75, 3.05) is 11.1 Å². The number of nitriles is 1. The molecule has 1 fully saturated rings. The number of rotatable bonds is 5. The standard InChI is InChI=1S/C14H17N3O2S/c1-2-20-13-5-3-11(8-13)16-14-6-4-12(17(18)19)7-10(14)9-15/h4,6-7,11,13,16H,2-3,5,8H2,1H3. The van der Waals surface area contributed by atoms with E-state index in [2.05, 4.69) is 12.2 Å². The number of nitro benzene ring substituents is 1. The first kappa shape index (κ1) is 14.7. The van der Waals surface area contributed by atoms with Crippen LogP contribution in [0, 0.1) is 21.4 Å². The first-order valence-corrected chi connectivity index (χ1v) is 7.75. The highest BCUT2D eigenvalue weighted by atomic mass is 32.2. The van der Waals surface area contributed by atoms with E-state index in [-0.39, 0.29) is 5.69 Å². The van der Waals surface area contributed by atoms with Gasteiger partial charge in [0, 0.05) is 23.4 Å². The zero-order valence-electron chi connectivity index (χ0n) is 11.3. The third-order valence-electron chi connectivity index (χ3n) is 3.48. The highest BCUT2D eigenvalue weighted by Crippen LogP contribution is 2.32. The first-order valence-electron chi connectivity index (χ1n) is 6.70. The zero-order chi connectivity index (χ0) is 14.5. The molecule has 1 aliphatic carbocycles. The van der Waals surface area contributed by atoms with Crippen LogP contribution in [0.2, 0.25) is 0 Å². The fourth-order valence-corrected chi connectivity index (χ4v) is 3.68. The number of anilines is 1. The molecule has 0 amide bonds. The fourth-order valence-electron chi connectivity index (χ4n) is 2.54. The maximum atomic E-state index is 10.7. The summed E-state index contributed by atoms with van der Waals surface area (Å²) in [6.07, 6.45) is 3.35. The molecule has 0 spiro atoms. The monoisotopic (exact) mass is 291 g/mol. The number of hydrogen-bond donors (Lipinski definition) is 1. The van der Waals surface area contributed by atoms with Crippen molar-refractivity contribution in [3.63, 3.8) is 0 Å². The van der Waals surface area contributed by atoms with Gasteiger partial charge in [-0.1, -0.05) is 6.92 Å². The lowest BCUT2D eigenvalue weighted by atomic mass is 10.1. The van der Waals surface area contributed by atoms with Gasteiger partial charge in [0.15, 0.2) is 0 Å². The van der Waals surface area contributed by atoms with Gasteiger partial charge in [0.25, 0.3) is 5.69 Å². The molecule has 0 saturated heterocycles. The molecular formula is C14H17N3O2S. The molecule has 1 aliphatic rings. The lowest BCUT2D eigenvalue weighted by Gasteiger charge is -2.15. The Balaban J connectivity index is 2.07. The lowest BCUT2D eigenvalue weighted by Crippen LogP contribution is -2.16. The van der Waals surface area contributed by atoms with Gasteiger partial charge in [0.2, 0.25) is 0 Å². The van der Waals surface area contributed by atoms with Crippen LogP contribution in [0.25, 0.3) is 0 Å². The Morgan fingerprint density at radius 1 is 1.55 bits per heavy atom. The van der Waals surface area contributed by atoms with Gasteiger partial charge in [0.1, 0.15) is 6.07 Å². The van der Waals surface area contributed by atoms with Crippen LogP contribution in [0.3, 0.4) is 0 Å². The van der Waals surface area contributed by atoms with E-state index >= 15 is 0 Å². The predicted molar refractivity (Wildman–Crippen MR) is 81.0 cm³/mol. The van der Waals surface area contributed by atoms with Crippen LogP contribution in [0.4, 0.5) is 11.4 Å². The van der Waals surface area contributed by atoms with Crippen molar-refractivity contribution in [3.8, 4) is 6.07 Å². The Kier molecular flexibility index (Phi) is 4.85. The van der Waals surface area contributed by atoms with E-state index in [0.29, 0.717) is 22.5 Å². The molecule has 1 N–H and O–H groups in total. The molecule has 5 nitrogen and oxygen atoms in total. The Hall–Kier alpha value is -1.74. The van der Waals surface area contributed by atoms with Gasteiger partial charge in [-0.3, -0.25) is 10.1 Å². The van der Waals surface area contributed by atoms with Gasteiger partial charge in [-0.25, -0.2) is 0 Å². The molecule has 2 atom stereocenters. The fraction of sp³-hybridized carbons (Fsp3) is 0.500. The molecule has 0 bridgehead atoms. The third-order valence-corrected chi connectivity index (χ3v) is 4.71. The van der Waals surface area contributed by atoms with Crippen LogP contribution in [0.15, 0.2) is 18.2 Å².